The summed E-state index contributed by atoms with van der Waals surface area (Å²) in [5, 5.41) is 9.96. The molecule has 194 valence electrons. The van der Waals surface area contributed by atoms with E-state index >= 15 is 0 Å². The number of aliphatic hydroxyl groups is 1. The Labute approximate surface area is 223 Å². The van der Waals surface area contributed by atoms with Crippen LogP contribution < -0.4 is 14.4 Å². The van der Waals surface area contributed by atoms with Crippen molar-refractivity contribution in [2.75, 3.05) is 4.90 Å². The van der Waals surface area contributed by atoms with Crippen LogP contribution in [-0.2, 0) is 16.1 Å². The van der Waals surface area contributed by atoms with Crippen molar-refractivity contribution in [3.05, 3.63) is 121 Å². The maximum Gasteiger partial charge on any atom is 0.335 e. The second-order valence-electron chi connectivity index (χ2n) is 8.98. The van der Waals surface area contributed by atoms with Crippen molar-refractivity contribution in [3.8, 4) is 17.2 Å². The molecule has 6 nitrogen and oxygen atoms in total. The molecule has 0 heterocycles. The summed E-state index contributed by atoms with van der Waals surface area (Å²) < 4.78 is 16.7. The van der Waals surface area contributed by atoms with Gasteiger partial charge in [-0.05, 0) is 78.4 Å². The molecule has 0 aliphatic heterocycles. The minimum Gasteiger partial charge on any atom is -0.457 e. The quantitative estimate of drug-likeness (QED) is 0.0975. The molecule has 6 heteroatoms. The van der Waals surface area contributed by atoms with Crippen molar-refractivity contribution in [1.29, 1.82) is 0 Å². The number of carbonyl (C=O) groups is 1. The van der Waals surface area contributed by atoms with Crippen LogP contribution in [0.5, 0.6) is 17.2 Å². The van der Waals surface area contributed by atoms with Crippen LogP contribution in [0.3, 0.4) is 0 Å². The third kappa shape index (κ3) is 7.09. The van der Waals surface area contributed by atoms with Gasteiger partial charge >= 0.3 is 5.97 Å². The lowest BCUT2D eigenvalue weighted by Crippen LogP contribution is -2.18. The number of esters is 1. The van der Waals surface area contributed by atoms with Crippen molar-refractivity contribution in [3.63, 3.8) is 0 Å². The largest absolute Gasteiger partial charge is 0.457 e. The van der Waals surface area contributed by atoms with Gasteiger partial charge < -0.3 is 24.2 Å². The van der Waals surface area contributed by atoms with Crippen molar-refractivity contribution >= 4 is 23.0 Å². The fourth-order valence-corrected chi connectivity index (χ4v) is 3.67. The third-order valence-corrected chi connectivity index (χ3v) is 5.74. The monoisotopic (exact) mass is 509 g/mol. The van der Waals surface area contributed by atoms with Gasteiger partial charge in [-0.2, -0.15) is 0 Å². The Morgan fingerprint density at radius 1 is 0.789 bits per heavy atom. The molecule has 1 unspecified atom stereocenters. The van der Waals surface area contributed by atoms with E-state index in [1.54, 1.807) is 12.1 Å². The molecule has 0 radical (unpaired) electrons. The molecule has 0 aliphatic rings. The smallest absolute Gasteiger partial charge is 0.335 e. The van der Waals surface area contributed by atoms with E-state index in [4.69, 9.17) is 14.2 Å². The Hall–Kier alpha value is -4.39. The lowest BCUT2D eigenvalue weighted by Gasteiger charge is -2.26. The number of aliphatic hydroxyl groups excluding tert-OH is 1. The molecule has 0 fully saturated rings. The predicted octanol–water partition coefficient (Wildman–Crippen LogP) is 7.53. The highest BCUT2D eigenvalue weighted by Gasteiger charge is 2.14. The summed E-state index contributed by atoms with van der Waals surface area (Å²) in [7, 11) is 0. The lowest BCUT2D eigenvalue weighted by atomic mass is 10.1. The lowest BCUT2D eigenvalue weighted by molar-refractivity contribution is -0.134. The van der Waals surface area contributed by atoms with Gasteiger partial charge in [0.2, 0.25) is 0 Å². The van der Waals surface area contributed by atoms with Crippen LogP contribution >= 0.6 is 0 Å². The number of hydrogen-bond donors (Lipinski definition) is 1. The van der Waals surface area contributed by atoms with Crippen LogP contribution in [0.15, 0.2) is 116 Å². The Morgan fingerprint density at radius 3 is 1.82 bits per heavy atom. The molecule has 4 aromatic carbocycles. The van der Waals surface area contributed by atoms with Crippen molar-refractivity contribution in [1.82, 2.24) is 0 Å². The summed E-state index contributed by atoms with van der Waals surface area (Å²) in [6.07, 6.45) is 0.321. The SMILES string of the molecule is C=CC(=O)Oc1ccc(N(c2ccc(COC(O)C(C)C)cc2)c2ccc(Oc3ccccc3)cc2)cc1. The summed E-state index contributed by atoms with van der Waals surface area (Å²) in [4.78, 5) is 13.7. The van der Waals surface area contributed by atoms with Gasteiger partial charge in [-0.3, -0.25) is 0 Å². The van der Waals surface area contributed by atoms with Gasteiger partial charge in [-0.15, -0.1) is 0 Å². The van der Waals surface area contributed by atoms with E-state index in [-0.39, 0.29) is 5.92 Å². The van der Waals surface area contributed by atoms with Gasteiger partial charge in [0.1, 0.15) is 17.2 Å². The average molecular weight is 510 g/mol. The number of carbonyl (C=O) groups excluding carboxylic acids is 1. The third-order valence-electron chi connectivity index (χ3n) is 5.74. The zero-order valence-electron chi connectivity index (χ0n) is 21.5. The van der Waals surface area contributed by atoms with Crippen LogP contribution in [0.25, 0.3) is 0 Å². The predicted molar refractivity (Wildman–Crippen MR) is 149 cm³/mol. The van der Waals surface area contributed by atoms with E-state index in [1.165, 1.54) is 0 Å². The summed E-state index contributed by atoms with van der Waals surface area (Å²) in [5.74, 6) is 1.43. The van der Waals surface area contributed by atoms with Crippen LogP contribution in [0.4, 0.5) is 17.1 Å². The van der Waals surface area contributed by atoms with E-state index in [2.05, 4.69) is 11.5 Å². The minimum atomic E-state index is -0.809. The number of anilines is 3. The number of benzene rings is 4. The first kappa shape index (κ1) is 26.7. The van der Waals surface area contributed by atoms with E-state index < -0.39 is 12.3 Å². The number of nitrogens with zero attached hydrogens (tertiary/aromatic N) is 1. The average Bonchev–Trinajstić information content (AvgIpc) is 2.95. The van der Waals surface area contributed by atoms with E-state index in [1.807, 2.05) is 105 Å². The minimum absolute atomic E-state index is 0.0207. The number of para-hydroxylation sites is 1. The molecule has 4 aromatic rings. The molecular formula is C32H31NO5. The summed E-state index contributed by atoms with van der Waals surface area (Å²) >= 11 is 0. The van der Waals surface area contributed by atoms with Gasteiger partial charge in [-0.1, -0.05) is 50.8 Å². The first-order valence-electron chi connectivity index (χ1n) is 12.4. The Balaban J connectivity index is 1.60. The molecular weight excluding hydrogens is 478 g/mol. The van der Waals surface area contributed by atoms with Gasteiger partial charge in [0, 0.05) is 29.1 Å². The molecule has 38 heavy (non-hydrogen) atoms. The molecule has 0 saturated carbocycles. The second kappa shape index (κ2) is 12.7. The van der Waals surface area contributed by atoms with Crippen molar-refractivity contribution in [2.24, 2.45) is 5.92 Å². The van der Waals surface area contributed by atoms with E-state index in [0.717, 1.165) is 40.2 Å². The van der Waals surface area contributed by atoms with Gasteiger partial charge in [0.15, 0.2) is 6.29 Å². The first-order chi connectivity index (χ1) is 18.4. The van der Waals surface area contributed by atoms with E-state index in [0.29, 0.717) is 12.4 Å². The fourth-order valence-electron chi connectivity index (χ4n) is 3.67. The first-order valence-corrected chi connectivity index (χ1v) is 12.4. The summed E-state index contributed by atoms with van der Waals surface area (Å²) in [5.41, 5.74) is 3.66. The highest BCUT2D eigenvalue weighted by molar-refractivity contribution is 5.83. The fraction of sp³-hybridized carbons (Fsp3) is 0.156. The van der Waals surface area contributed by atoms with Gasteiger partial charge in [-0.25, -0.2) is 4.79 Å². The van der Waals surface area contributed by atoms with Crippen molar-refractivity contribution < 1.29 is 24.1 Å². The number of rotatable bonds is 11. The maximum absolute atomic E-state index is 11.6. The van der Waals surface area contributed by atoms with Crippen molar-refractivity contribution in [2.45, 2.75) is 26.7 Å². The molecule has 4 rings (SSSR count). The number of ether oxygens (including phenoxy) is 3. The molecule has 1 atom stereocenters. The molecule has 0 spiro atoms. The zero-order chi connectivity index (χ0) is 26.9. The molecule has 0 aromatic heterocycles. The zero-order valence-corrected chi connectivity index (χ0v) is 21.5. The standard InChI is InChI=1S/C32H31NO5/c1-4-31(34)38-30-20-16-27(17-21-30)33(25-12-10-24(11-13-25)22-36-32(35)23(2)3)26-14-18-29(19-15-26)37-28-8-6-5-7-9-28/h4-21,23,32,35H,1,22H2,2-3H3. The topological polar surface area (TPSA) is 68.2 Å². The summed E-state index contributed by atoms with van der Waals surface area (Å²) in [6.45, 7) is 7.57. The van der Waals surface area contributed by atoms with Crippen LogP contribution in [-0.4, -0.2) is 17.4 Å². The molecule has 0 saturated heterocycles. The number of hydrogen-bond acceptors (Lipinski definition) is 6. The highest BCUT2D eigenvalue weighted by Crippen LogP contribution is 2.36. The summed E-state index contributed by atoms with van der Waals surface area (Å²) in [6, 6.07) is 32.6. The molecule has 0 bridgehead atoms. The van der Waals surface area contributed by atoms with Crippen LogP contribution in [0.1, 0.15) is 19.4 Å². The Morgan fingerprint density at radius 2 is 1.29 bits per heavy atom. The molecule has 0 aliphatic carbocycles. The van der Waals surface area contributed by atoms with Crippen LogP contribution in [0, 0.1) is 5.92 Å². The normalized spacial score (nSPS) is 11.6. The second-order valence-corrected chi connectivity index (χ2v) is 8.98. The highest BCUT2D eigenvalue weighted by atomic mass is 16.6. The molecule has 0 amide bonds. The van der Waals surface area contributed by atoms with Gasteiger partial charge in [0.25, 0.3) is 0 Å². The van der Waals surface area contributed by atoms with E-state index in [9.17, 15) is 9.90 Å². The Kier molecular flexibility index (Phi) is 8.93. The molecule has 1 N–H and O–H groups in total. The van der Waals surface area contributed by atoms with Crippen LogP contribution in [0.2, 0.25) is 0 Å². The maximum atomic E-state index is 11.6. The Bertz CT molecular complexity index is 1320. The van der Waals surface area contributed by atoms with Gasteiger partial charge in [0.05, 0.1) is 6.61 Å².